The van der Waals surface area contributed by atoms with Gasteiger partial charge in [-0.3, -0.25) is 9.52 Å². The van der Waals surface area contributed by atoms with Gasteiger partial charge in [0.15, 0.2) is 11.5 Å². The molecule has 0 aliphatic carbocycles. The number of anilines is 1. The van der Waals surface area contributed by atoms with Crippen LogP contribution in [0.4, 0.5) is 5.69 Å². The van der Waals surface area contributed by atoms with Gasteiger partial charge in [0.05, 0.1) is 33.8 Å². The molecular formula is C29H23Cl2N3O6S. The molecule has 0 unspecified atom stereocenters. The molecule has 41 heavy (non-hydrogen) atoms. The second-order valence-electron chi connectivity index (χ2n) is 8.62. The Morgan fingerprint density at radius 2 is 1.51 bits per heavy atom. The van der Waals surface area contributed by atoms with Crippen LogP contribution in [-0.2, 0) is 10.0 Å². The number of hydrogen-bond donors (Lipinski definition) is 2. The third-order valence-corrected chi connectivity index (χ3v) is 7.79. The molecule has 0 bridgehead atoms. The molecule has 4 rings (SSSR count). The van der Waals surface area contributed by atoms with E-state index in [0.29, 0.717) is 16.3 Å². The highest BCUT2D eigenvalue weighted by Gasteiger charge is 2.16. The van der Waals surface area contributed by atoms with Crippen LogP contribution >= 0.6 is 23.2 Å². The number of benzene rings is 4. The Hall–Kier alpha value is -4.38. The summed E-state index contributed by atoms with van der Waals surface area (Å²) in [6.07, 6.45) is 1.38. The van der Waals surface area contributed by atoms with E-state index in [9.17, 15) is 18.0 Å². The van der Waals surface area contributed by atoms with Crippen LogP contribution in [0.5, 0.6) is 11.5 Å². The van der Waals surface area contributed by atoms with Crippen LogP contribution in [0, 0.1) is 6.92 Å². The lowest BCUT2D eigenvalue weighted by Gasteiger charge is -2.10. The number of methoxy groups -OCH3 is 1. The van der Waals surface area contributed by atoms with Crippen LogP contribution in [-0.4, -0.2) is 33.6 Å². The molecule has 1 amide bonds. The molecule has 0 saturated carbocycles. The van der Waals surface area contributed by atoms with Gasteiger partial charge in [-0.25, -0.2) is 18.6 Å². The normalized spacial score (nSPS) is 11.2. The van der Waals surface area contributed by atoms with E-state index in [0.717, 1.165) is 5.56 Å². The van der Waals surface area contributed by atoms with Crippen molar-refractivity contribution in [1.82, 2.24) is 5.43 Å². The van der Waals surface area contributed by atoms with Crippen LogP contribution < -0.4 is 19.6 Å². The van der Waals surface area contributed by atoms with Crippen molar-refractivity contribution in [3.63, 3.8) is 0 Å². The van der Waals surface area contributed by atoms with Gasteiger partial charge >= 0.3 is 5.97 Å². The van der Waals surface area contributed by atoms with Crippen molar-refractivity contribution >= 4 is 57.0 Å². The van der Waals surface area contributed by atoms with Crippen molar-refractivity contribution in [2.75, 3.05) is 11.8 Å². The predicted octanol–water partition coefficient (Wildman–Crippen LogP) is 6.09. The van der Waals surface area contributed by atoms with Crippen molar-refractivity contribution in [2.24, 2.45) is 5.10 Å². The molecule has 4 aromatic carbocycles. The van der Waals surface area contributed by atoms with E-state index in [4.69, 9.17) is 32.7 Å². The number of hydrogen-bond acceptors (Lipinski definition) is 7. The Bertz CT molecular complexity index is 1720. The minimum absolute atomic E-state index is 0.133. The molecule has 0 heterocycles. The zero-order chi connectivity index (χ0) is 29.6. The molecule has 12 heteroatoms. The molecule has 0 atom stereocenters. The minimum Gasteiger partial charge on any atom is -0.493 e. The number of aryl methyl sites for hydroxylation is 1. The van der Waals surface area contributed by atoms with E-state index in [1.54, 1.807) is 24.3 Å². The minimum atomic E-state index is -3.76. The Morgan fingerprint density at radius 1 is 0.829 bits per heavy atom. The fraction of sp³-hybridized carbons (Fsp3) is 0.0690. The highest BCUT2D eigenvalue weighted by Crippen LogP contribution is 2.29. The maximum Gasteiger partial charge on any atom is 0.343 e. The summed E-state index contributed by atoms with van der Waals surface area (Å²) >= 11 is 11.9. The lowest BCUT2D eigenvalue weighted by Crippen LogP contribution is -2.18. The average molecular weight is 612 g/mol. The molecule has 0 fully saturated rings. The van der Waals surface area contributed by atoms with Crippen molar-refractivity contribution in [2.45, 2.75) is 11.8 Å². The van der Waals surface area contributed by atoms with E-state index in [2.05, 4.69) is 15.2 Å². The molecule has 210 valence electrons. The summed E-state index contributed by atoms with van der Waals surface area (Å²) < 4.78 is 38.3. The Kier molecular flexibility index (Phi) is 9.28. The smallest absolute Gasteiger partial charge is 0.343 e. The first-order valence-electron chi connectivity index (χ1n) is 11.9. The number of halogens is 2. The SMILES string of the molecule is COc1cc(/C=N\NC(=O)c2ccc(NS(=O)(=O)c3ccc(C)cc3)cc2)ccc1OC(=O)c1ccc(Cl)c(Cl)c1. The van der Waals surface area contributed by atoms with Gasteiger partial charge in [0, 0.05) is 11.3 Å². The van der Waals surface area contributed by atoms with Gasteiger partial charge in [0.1, 0.15) is 0 Å². The second-order valence-corrected chi connectivity index (χ2v) is 11.1. The first kappa shape index (κ1) is 29.6. The van der Waals surface area contributed by atoms with E-state index >= 15 is 0 Å². The third kappa shape index (κ3) is 7.63. The van der Waals surface area contributed by atoms with Crippen molar-refractivity contribution in [3.05, 3.63) is 117 Å². The number of nitrogens with zero attached hydrogens (tertiary/aromatic N) is 1. The van der Waals surface area contributed by atoms with Gasteiger partial charge in [0.25, 0.3) is 15.9 Å². The van der Waals surface area contributed by atoms with Crippen molar-refractivity contribution in [1.29, 1.82) is 0 Å². The lowest BCUT2D eigenvalue weighted by molar-refractivity contribution is 0.0729. The molecule has 0 aliphatic rings. The highest BCUT2D eigenvalue weighted by atomic mass is 35.5. The number of carbonyl (C=O) groups is 2. The van der Waals surface area contributed by atoms with Gasteiger partial charge in [-0.2, -0.15) is 5.10 Å². The van der Waals surface area contributed by atoms with Crippen LogP contribution in [0.1, 0.15) is 31.8 Å². The molecule has 0 aliphatic heterocycles. The van der Waals surface area contributed by atoms with Gasteiger partial charge < -0.3 is 9.47 Å². The highest BCUT2D eigenvalue weighted by molar-refractivity contribution is 7.92. The molecular weight excluding hydrogens is 589 g/mol. The van der Waals surface area contributed by atoms with Crippen molar-refractivity contribution in [3.8, 4) is 11.5 Å². The van der Waals surface area contributed by atoms with Gasteiger partial charge in [-0.1, -0.05) is 40.9 Å². The third-order valence-electron chi connectivity index (χ3n) is 5.66. The first-order valence-corrected chi connectivity index (χ1v) is 14.2. The summed E-state index contributed by atoms with van der Waals surface area (Å²) in [4.78, 5) is 25.1. The summed E-state index contributed by atoms with van der Waals surface area (Å²) in [5.74, 6) is -0.724. The number of nitrogens with one attached hydrogen (secondary N) is 2. The van der Waals surface area contributed by atoms with Crippen LogP contribution in [0.15, 0.2) is 94.9 Å². The number of esters is 1. The first-order chi connectivity index (χ1) is 19.6. The number of amides is 1. The van der Waals surface area contributed by atoms with Crippen LogP contribution in [0.25, 0.3) is 0 Å². The fourth-order valence-electron chi connectivity index (χ4n) is 3.48. The average Bonchev–Trinajstić information content (AvgIpc) is 2.95. The number of carbonyl (C=O) groups excluding carboxylic acids is 2. The fourth-order valence-corrected chi connectivity index (χ4v) is 4.84. The topological polar surface area (TPSA) is 123 Å². The summed E-state index contributed by atoms with van der Waals surface area (Å²) in [7, 11) is -2.35. The van der Waals surface area contributed by atoms with Crippen molar-refractivity contribution < 1.29 is 27.5 Å². The number of sulfonamides is 1. The lowest BCUT2D eigenvalue weighted by atomic mass is 10.2. The summed E-state index contributed by atoms with van der Waals surface area (Å²) in [5, 5.41) is 4.49. The second kappa shape index (κ2) is 12.9. The Balaban J connectivity index is 1.36. The molecule has 0 radical (unpaired) electrons. The van der Waals surface area contributed by atoms with Gasteiger partial charge in [-0.05, 0) is 85.3 Å². The standard InChI is InChI=1S/C29H23Cl2N3O6S/c1-18-3-11-23(12-4-18)41(37,38)34-22-9-6-20(7-10-22)28(35)33-32-17-19-5-14-26(27(15-19)39-2)40-29(36)21-8-13-24(30)25(31)16-21/h3-17,34H,1-2H3,(H,33,35)/b32-17-. The molecule has 2 N–H and O–H groups in total. The van der Waals surface area contributed by atoms with Crippen LogP contribution in [0.2, 0.25) is 10.0 Å². The molecule has 9 nitrogen and oxygen atoms in total. The summed E-state index contributed by atoms with van der Waals surface area (Å²) in [5.41, 5.74) is 4.69. The zero-order valence-electron chi connectivity index (χ0n) is 21.7. The Labute approximate surface area is 246 Å². The monoisotopic (exact) mass is 611 g/mol. The van der Waals surface area contributed by atoms with Gasteiger partial charge in [-0.15, -0.1) is 0 Å². The molecule has 4 aromatic rings. The zero-order valence-corrected chi connectivity index (χ0v) is 24.0. The largest absolute Gasteiger partial charge is 0.493 e. The summed E-state index contributed by atoms with van der Waals surface area (Å²) in [6, 6.07) is 21.5. The number of rotatable bonds is 9. The molecule has 0 saturated heterocycles. The van der Waals surface area contributed by atoms with E-state index < -0.39 is 21.9 Å². The van der Waals surface area contributed by atoms with E-state index in [-0.39, 0.29) is 32.5 Å². The van der Waals surface area contributed by atoms with E-state index in [1.807, 2.05) is 6.92 Å². The predicted molar refractivity (Wildman–Crippen MR) is 158 cm³/mol. The maximum absolute atomic E-state index is 12.6. The molecule has 0 spiro atoms. The van der Waals surface area contributed by atoms with E-state index in [1.165, 1.54) is 74.0 Å². The summed E-state index contributed by atoms with van der Waals surface area (Å²) in [6.45, 7) is 1.87. The molecule has 0 aromatic heterocycles. The number of hydrazone groups is 1. The maximum atomic E-state index is 12.6. The quantitative estimate of drug-likeness (QED) is 0.102. The van der Waals surface area contributed by atoms with Crippen LogP contribution in [0.3, 0.4) is 0 Å². The number of ether oxygens (including phenoxy) is 2. The van der Waals surface area contributed by atoms with Gasteiger partial charge in [0.2, 0.25) is 0 Å². The Morgan fingerprint density at radius 3 is 2.17 bits per heavy atom.